The van der Waals surface area contributed by atoms with Crippen molar-refractivity contribution in [2.24, 2.45) is 0 Å². The normalized spacial score (nSPS) is 27.6. The van der Waals surface area contributed by atoms with E-state index in [-0.39, 0.29) is 12.4 Å². The molecule has 1 fully saturated rings. The number of ether oxygens (including phenoxy) is 2. The molecule has 1 aromatic carbocycles. The van der Waals surface area contributed by atoms with Crippen molar-refractivity contribution in [3.05, 3.63) is 52.6 Å². The van der Waals surface area contributed by atoms with Gasteiger partial charge in [0, 0.05) is 24.8 Å². The van der Waals surface area contributed by atoms with Gasteiger partial charge in [-0.25, -0.2) is 9.18 Å². The molecule has 1 aliphatic rings. The number of para-hydroxylation sites is 1. The molecule has 1 aromatic heterocycles. The number of hydrogen-bond donors (Lipinski definition) is 3. The molecule has 1 aliphatic heterocycles. The summed E-state index contributed by atoms with van der Waals surface area (Å²) in [4.78, 5) is 15.6. The summed E-state index contributed by atoms with van der Waals surface area (Å²) in [6.07, 6.45) is -2.25. The Morgan fingerprint density at radius 2 is 2.19 bits per heavy atom. The maximum absolute atomic E-state index is 15.1. The predicted octanol–water partition coefficient (Wildman–Crippen LogP) is 0.610. The highest BCUT2D eigenvalue weighted by atomic mass is 19.1. The van der Waals surface area contributed by atoms with Gasteiger partial charge in [0.2, 0.25) is 0 Å². The minimum atomic E-state index is -2.17. The summed E-state index contributed by atoms with van der Waals surface area (Å²) < 4.78 is 27.1. The first-order valence-electron chi connectivity index (χ1n) is 8.54. The molecule has 27 heavy (non-hydrogen) atoms. The lowest BCUT2D eigenvalue weighted by Gasteiger charge is -2.24. The molecule has 0 spiro atoms. The number of benzene rings is 1. The van der Waals surface area contributed by atoms with Gasteiger partial charge in [-0.15, -0.1) is 0 Å². The molecule has 0 amide bonds. The largest absolute Gasteiger partial charge is 0.496 e. The fourth-order valence-corrected chi connectivity index (χ4v) is 3.18. The van der Waals surface area contributed by atoms with Crippen molar-refractivity contribution < 1.29 is 19.0 Å². The van der Waals surface area contributed by atoms with Crippen molar-refractivity contribution in [2.45, 2.75) is 37.6 Å². The number of aliphatic hydroxyl groups is 1. The number of nitrogen functional groups attached to an aromatic ring is 1. The third kappa shape index (κ3) is 3.80. The van der Waals surface area contributed by atoms with Crippen LogP contribution in [0.5, 0.6) is 5.75 Å². The number of anilines is 1. The van der Waals surface area contributed by atoms with Gasteiger partial charge in [0.1, 0.15) is 23.8 Å². The van der Waals surface area contributed by atoms with Crippen molar-refractivity contribution >= 4 is 5.82 Å². The first kappa shape index (κ1) is 19.3. The van der Waals surface area contributed by atoms with Crippen LogP contribution < -0.4 is 21.5 Å². The number of nitrogens with zero attached hydrogens (tertiary/aromatic N) is 2. The van der Waals surface area contributed by atoms with Crippen LogP contribution in [0.3, 0.4) is 0 Å². The number of alkyl halides is 1. The summed E-state index contributed by atoms with van der Waals surface area (Å²) in [5, 5.41) is 13.5. The lowest BCUT2D eigenvalue weighted by molar-refractivity contribution is -0.0500. The molecule has 2 heterocycles. The van der Waals surface area contributed by atoms with Gasteiger partial charge < -0.3 is 25.6 Å². The molecule has 1 saturated heterocycles. The van der Waals surface area contributed by atoms with Gasteiger partial charge in [-0.3, -0.25) is 4.57 Å². The lowest BCUT2D eigenvalue weighted by atomic mass is 9.98. The number of rotatable bonds is 6. The summed E-state index contributed by atoms with van der Waals surface area (Å²) in [6, 6.07) is 8.87. The van der Waals surface area contributed by atoms with E-state index in [1.54, 1.807) is 7.11 Å². The zero-order valence-corrected chi connectivity index (χ0v) is 15.1. The highest BCUT2D eigenvalue weighted by Crippen LogP contribution is 2.40. The highest BCUT2D eigenvalue weighted by molar-refractivity contribution is 5.33. The van der Waals surface area contributed by atoms with E-state index in [2.05, 4.69) is 10.3 Å². The van der Waals surface area contributed by atoms with Crippen LogP contribution in [0.25, 0.3) is 0 Å². The zero-order valence-electron chi connectivity index (χ0n) is 15.1. The third-order valence-corrected chi connectivity index (χ3v) is 4.67. The van der Waals surface area contributed by atoms with Gasteiger partial charge in [0.25, 0.3) is 0 Å². The Morgan fingerprint density at radius 3 is 2.89 bits per heavy atom. The van der Waals surface area contributed by atoms with Gasteiger partial charge in [0.15, 0.2) is 11.9 Å². The topological polar surface area (TPSA) is 112 Å². The van der Waals surface area contributed by atoms with Crippen LogP contribution in [0.4, 0.5) is 10.2 Å². The van der Waals surface area contributed by atoms with Crippen LogP contribution in [0.1, 0.15) is 18.7 Å². The molecule has 4 N–H and O–H groups in total. The van der Waals surface area contributed by atoms with Gasteiger partial charge in [-0.1, -0.05) is 18.2 Å². The lowest BCUT2D eigenvalue weighted by Crippen LogP contribution is -2.44. The fourth-order valence-electron chi connectivity index (χ4n) is 3.18. The second kappa shape index (κ2) is 7.63. The maximum Gasteiger partial charge on any atom is 0.351 e. The first-order valence-corrected chi connectivity index (χ1v) is 8.54. The van der Waals surface area contributed by atoms with E-state index < -0.39 is 29.8 Å². The maximum atomic E-state index is 15.1. The molecule has 4 atom stereocenters. The Morgan fingerprint density at radius 1 is 1.44 bits per heavy atom. The van der Waals surface area contributed by atoms with Gasteiger partial charge in [-0.2, -0.15) is 4.98 Å². The van der Waals surface area contributed by atoms with Crippen molar-refractivity contribution in [1.29, 1.82) is 0 Å². The quantitative estimate of drug-likeness (QED) is 0.675. The number of hydrogen-bond acceptors (Lipinski definition) is 7. The molecular weight excluding hydrogens is 355 g/mol. The Hall–Kier alpha value is -2.49. The average molecular weight is 378 g/mol. The number of aliphatic hydroxyl groups excluding tert-OH is 1. The molecule has 0 saturated carbocycles. The van der Waals surface area contributed by atoms with Crippen LogP contribution in [0, 0.1) is 0 Å². The molecule has 9 heteroatoms. The second-order valence-corrected chi connectivity index (χ2v) is 6.61. The average Bonchev–Trinajstić information content (AvgIpc) is 2.86. The SMILES string of the molecule is COc1ccccc1CNC[C@H]1O[C@@H](n2ccc(N)nc2=O)[C@](C)(F)[C@@H]1O. The van der Waals surface area contributed by atoms with E-state index in [1.807, 2.05) is 24.3 Å². The molecule has 2 aromatic rings. The molecule has 3 rings (SSSR count). The van der Waals surface area contributed by atoms with E-state index in [0.717, 1.165) is 15.9 Å². The van der Waals surface area contributed by atoms with Crippen LogP contribution >= 0.6 is 0 Å². The number of methoxy groups -OCH3 is 1. The van der Waals surface area contributed by atoms with Gasteiger partial charge in [-0.05, 0) is 19.1 Å². The van der Waals surface area contributed by atoms with E-state index in [4.69, 9.17) is 15.2 Å². The first-order chi connectivity index (χ1) is 12.8. The van der Waals surface area contributed by atoms with Crippen molar-refractivity contribution in [3.63, 3.8) is 0 Å². The summed E-state index contributed by atoms with van der Waals surface area (Å²) in [5.74, 6) is 0.760. The molecule has 8 nitrogen and oxygen atoms in total. The van der Waals surface area contributed by atoms with Crippen LogP contribution in [-0.2, 0) is 11.3 Å². The smallest absolute Gasteiger partial charge is 0.351 e. The Labute approximate surface area is 155 Å². The standard InChI is InChI=1S/C18H23FN4O4/c1-18(19)15(24)13(10-21-9-11-5-3-4-6-12(11)26-2)27-16(18)23-8-7-14(20)22-17(23)25/h3-8,13,15-16,21,24H,9-10H2,1-2H3,(H2,20,22,25)/t13-,15-,16-,18-/m1/s1. The van der Waals surface area contributed by atoms with Crippen LogP contribution in [-0.4, -0.2) is 46.2 Å². The molecule has 0 bridgehead atoms. The van der Waals surface area contributed by atoms with Crippen LogP contribution in [0.2, 0.25) is 0 Å². The van der Waals surface area contributed by atoms with E-state index in [1.165, 1.54) is 19.2 Å². The van der Waals surface area contributed by atoms with Crippen molar-refractivity contribution in [3.8, 4) is 5.75 Å². The molecule has 0 radical (unpaired) electrons. The monoisotopic (exact) mass is 378 g/mol. The second-order valence-electron chi connectivity index (χ2n) is 6.61. The third-order valence-electron chi connectivity index (χ3n) is 4.67. The summed E-state index contributed by atoms with van der Waals surface area (Å²) in [5.41, 5.74) is 3.48. The number of nitrogens with one attached hydrogen (secondary N) is 1. The number of aromatic nitrogens is 2. The van der Waals surface area contributed by atoms with Gasteiger partial charge >= 0.3 is 5.69 Å². The minimum Gasteiger partial charge on any atom is -0.496 e. The number of halogens is 1. The predicted molar refractivity (Wildman–Crippen MR) is 97.0 cm³/mol. The Bertz CT molecular complexity index is 857. The van der Waals surface area contributed by atoms with E-state index in [0.29, 0.717) is 6.54 Å². The highest BCUT2D eigenvalue weighted by Gasteiger charge is 2.55. The number of nitrogens with two attached hydrogens (primary N) is 1. The molecule has 0 aliphatic carbocycles. The Kier molecular flexibility index (Phi) is 5.45. The van der Waals surface area contributed by atoms with E-state index in [9.17, 15) is 9.90 Å². The zero-order chi connectivity index (χ0) is 19.6. The fraction of sp³-hybridized carbons (Fsp3) is 0.444. The van der Waals surface area contributed by atoms with Gasteiger partial charge in [0.05, 0.1) is 7.11 Å². The van der Waals surface area contributed by atoms with E-state index >= 15 is 4.39 Å². The van der Waals surface area contributed by atoms with Crippen molar-refractivity contribution in [2.75, 3.05) is 19.4 Å². The summed E-state index contributed by atoms with van der Waals surface area (Å²) >= 11 is 0. The van der Waals surface area contributed by atoms with Crippen LogP contribution in [0.15, 0.2) is 41.3 Å². The molecule has 0 unspecified atom stereocenters. The molecular formula is C18H23FN4O4. The Balaban J connectivity index is 1.69. The summed E-state index contributed by atoms with van der Waals surface area (Å²) in [6.45, 7) is 1.84. The summed E-state index contributed by atoms with van der Waals surface area (Å²) in [7, 11) is 1.58. The minimum absolute atomic E-state index is 0.0328. The molecule has 146 valence electrons. The van der Waals surface area contributed by atoms with Crippen molar-refractivity contribution in [1.82, 2.24) is 14.9 Å².